The smallest absolute Gasteiger partial charge is 0.310 e. The molecule has 2 rings (SSSR count). The molecule has 3 unspecified atom stereocenters. The predicted octanol–water partition coefficient (Wildman–Crippen LogP) is 5.79. The summed E-state index contributed by atoms with van der Waals surface area (Å²) in [5.41, 5.74) is 0.652. The zero-order valence-corrected chi connectivity index (χ0v) is 17.7. The lowest BCUT2D eigenvalue weighted by atomic mass is 9.82. The number of hydrogen-bond donors (Lipinski definition) is 1. The first-order chi connectivity index (χ1) is 12.3. The Balaban J connectivity index is 2.09. The Morgan fingerprint density at radius 1 is 1.19 bits per heavy atom. The van der Waals surface area contributed by atoms with Gasteiger partial charge in [-0.3, -0.25) is 9.59 Å². The summed E-state index contributed by atoms with van der Waals surface area (Å²) < 4.78 is 6.04. The molecule has 1 N–H and O–H groups in total. The number of hydrogen-bond acceptors (Lipinski definition) is 3. The van der Waals surface area contributed by atoms with Gasteiger partial charge in [0.2, 0.25) is 5.91 Å². The summed E-state index contributed by atoms with van der Waals surface area (Å²) in [4.78, 5) is 25.2. The summed E-state index contributed by atoms with van der Waals surface area (Å²) in [7, 11) is 0. The number of amides is 1. The zero-order valence-electron chi connectivity index (χ0n) is 13.8. The molecule has 0 fully saturated rings. The van der Waals surface area contributed by atoms with Gasteiger partial charge in [0, 0.05) is 10.2 Å². The molecular weight excluding hydrogens is 464 g/mol. The fourth-order valence-electron chi connectivity index (χ4n) is 2.63. The summed E-state index contributed by atoms with van der Waals surface area (Å²) in [5.74, 6) is -1.89. The highest BCUT2D eigenvalue weighted by molar-refractivity contribution is 9.10. The van der Waals surface area contributed by atoms with Gasteiger partial charge in [-0.15, -0.1) is 0 Å². The molecule has 3 atom stereocenters. The number of anilines is 1. The van der Waals surface area contributed by atoms with E-state index in [0.29, 0.717) is 18.5 Å². The number of nitrogens with one attached hydrogen (secondary N) is 1. The molecule has 1 aromatic rings. The molecule has 0 saturated heterocycles. The number of ether oxygens (including phenoxy) is 1. The standard InChI is InChI=1S/C18H17BrCl3NO3/c1-10(15(20)16(21)22)26-18(25)14-8-3-2-7-13(14)17(24)23-12-6-4-5-11(19)9-12/h2-6,9-10,13-14H,7-8H2,1H3,(H,23,24). The van der Waals surface area contributed by atoms with Crippen LogP contribution in [0.5, 0.6) is 0 Å². The third kappa shape index (κ3) is 5.74. The molecular formula is C18H17BrCl3NO3. The van der Waals surface area contributed by atoms with Gasteiger partial charge in [-0.25, -0.2) is 0 Å². The molecule has 0 aliphatic heterocycles. The van der Waals surface area contributed by atoms with Gasteiger partial charge in [-0.1, -0.05) is 69.0 Å². The number of esters is 1. The number of rotatable bonds is 5. The first-order valence-corrected chi connectivity index (χ1v) is 9.85. The fourth-order valence-corrected chi connectivity index (χ4v) is 3.38. The van der Waals surface area contributed by atoms with E-state index in [1.807, 2.05) is 24.3 Å². The van der Waals surface area contributed by atoms with Crippen molar-refractivity contribution in [2.24, 2.45) is 11.8 Å². The maximum Gasteiger partial charge on any atom is 0.310 e. The lowest BCUT2D eigenvalue weighted by molar-refractivity contribution is -0.155. The van der Waals surface area contributed by atoms with Crippen LogP contribution in [0.1, 0.15) is 19.8 Å². The Morgan fingerprint density at radius 2 is 1.85 bits per heavy atom. The highest BCUT2D eigenvalue weighted by atomic mass is 79.9. The van der Waals surface area contributed by atoms with Crippen molar-refractivity contribution < 1.29 is 14.3 Å². The molecule has 1 aliphatic rings. The van der Waals surface area contributed by atoms with Gasteiger partial charge in [-0.2, -0.15) is 0 Å². The van der Waals surface area contributed by atoms with Crippen LogP contribution in [0.2, 0.25) is 0 Å². The fraction of sp³-hybridized carbons (Fsp3) is 0.333. The molecule has 1 aromatic carbocycles. The zero-order chi connectivity index (χ0) is 19.3. The van der Waals surface area contributed by atoms with Gasteiger partial charge in [0.05, 0.1) is 16.9 Å². The van der Waals surface area contributed by atoms with Crippen LogP contribution < -0.4 is 5.32 Å². The average molecular weight is 482 g/mol. The van der Waals surface area contributed by atoms with Gasteiger partial charge in [0.15, 0.2) is 0 Å². The Labute approximate surface area is 175 Å². The first-order valence-electron chi connectivity index (χ1n) is 7.92. The van der Waals surface area contributed by atoms with E-state index in [4.69, 9.17) is 39.5 Å². The molecule has 0 saturated carbocycles. The van der Waals surface area contributed by atoms with Gasteiger partial charge in [0.1, 0.15) is 10.6 Å². The number of allylic oxidation sites excluding steroid dienone is 2. The van der Waals surface area contributed by atoms with Crippen LogP contribution in [0.15, 0.2) is 50.4 Å². The predicted molar refractivity (Wildman–Crippen MR) is 108 cm³/mol. The molecule has 26 heavy (non-hydrogen) atoms. The minimum absolute atomic E-state index is 0.0446. The van der Waals surface area contributed by atoms with E-state index in [1.54, 1.807) is 19.1 Å². The Bertz CT molecular complexity index is 747. The van der Waals surface area contributed by atoms with Crippen LogP contribution >= 0.6 is 50.7 Å². The molecule has 8 heteroatoms. The number of carbonyl (C=O) groups is 2. The van der Waals surface area contributed by atoms with Crippen LogP contribution in [-0.4, -0.2) is 18.0 Å². The van der Waals surface area contributed by atoms with Crippen molar-refractivity contribution in [3.8, 4) is 0 Å². The van der Waals surface area contributed by atoms with Crippen molar-refractivity contribution in [3.63, 3.8) is 0 Å². The van der Waals surface area contributed by atoms with Crippen LogP contribution in [0.3, 0.4) is 0 Å². The Kier molecular flexibility index (Phi) is 8.02. The van der Waals surface area contributed by atoms with Crippen molar-refractivity contribution in [1.29, 1.82) is 0 Å². The second-order valence-corrected chi connectivity index (χ2v) is 8.12. The van der Waals surface area contributed by atoms with Crippen molar-refractivity contribution in [2.45, 2.75) is 25.9 Å². The Morgan fingerprint density at radius 3 is 2.46 bits per heavy atom. The average Bonchev–Trinajstić information content (AvgIpc) is 2.60. The molecule has 1 aliphatic carbocycles. The molecule has 0 bridgehead atoms. The minimum atomic E-state index is -0.783. The normalized spacial score (nSPS) is 20.2. The third-order valence-electron chi connectivity index (χ3n) is 3.99. The maximum absolute atomic E-state index is 12.7. The van der Waals surface area contributed by atoms with Gasteiger partial charge in [-0.05, 0) is 38.0 Å². The van der Waals surface area contributed by atoms with Crippen molar-refractivity contribution >= 4 is 68.3 Å². The molecule has 0 radical (unpaired) electrons. The second kappa shape index (κ2) is 9.79. The summed E-state index contributed by atoms with van der Waals surface area (Å²) in [6.45, 7) is 1.57. The summed E-state index contributed by atoms with van der Waals surface area (Å²) in [6.07, 6.45) is 3.84. The lowest BCUT2D eigenvalue weighted by Gasteiger charge is -2.27. The SMILES string of the molecule is CC(OC(=O)C1CC=CCC1C(=O)Nc1cccc(Br)c1)C(Cl)=C(Cl)Cl. The molecule has 0 spiro atoms. The van der Waals surface area contributed by atoms with Gasteiger partial charge < -0.3 is 10.1 Å². The maximum atomic E-state index is 12.7. The van der Waals surface area contributed by atoms with Crippen LogP contribution in [0, 0.1) is 11.8 Å². The first kappa shape index (κ1) is 21.3. The van der Waals surface area contributed by atoms with Crippen LogP contribution in [0.25, 0.3) is 0 Å². The van der Waals surface area contributed by atoms with E-state index in [-0.39, 0.29) is 15.4 Å². The van der Waals surface area contributed by atoms with Crippen LogP contribution in [-0.2, 0) is 14.3 Å². The topological polar surface area (TPSA) is 55.4 Å². The van der Waals surface area contributed by atoms with Gasteiger partial charge >= 0.3 is 5.97 Å². The van der Waals surface area contributed by atoms with E-state index in [2.05, 4.69) is 21.2 Å². The van der Waals surface area contributed by atoms with Crippen molar-refractivity contribution in [2.75, 3.05) is 5.32 Å². The minimum Gasteiger partial charge on any atom is -0.457 e. The largest absolute Gasteiger partial charge is 0.457 e. The van der Waals surface area contributed by atoms with E-state index < -0.39 is 23.9 Å². The summed E-state index contributed by atoms with van der Waals surface area (Å²) in [6, 6.07) is 7.25. The summed E-state index contributed by atoms with van der Waals surface area (Å²) in [5, 5.41) is 2.89. The van der Waals surface area contributed by atoms with E-state index in [9.17, 15) is 9.59 Å². The second-order valence-electron chi connectivity index (χ2n) is 5.84. The number of benzene rings is 1. The number of carbonyl (C=O) groups excluding carboxylic acids is 2. The molecule has 1 amide bonds. The van der Waals surface area contributed by atoms with Crippen molar-refractivity contribution in [1.82, 2.24) is 0 Å². The molecule has 0 aromatic heterocycles. The highest BCUT2D eigenvalue weighted by Gasteiger charge is 2.36. The molecule has 4 nitrogen and oxygen atoms in total. The van der Waals surface area contributed by atoms with Gasteiger partial charge in [0.25, 0.3) is 0 Å². The van der Waals surface area contributed by atoms with Crippen molar-refractivity contribution in [3.05, 3.63) is 50.4 Å². The van der Waals surface area contributed by atoms with E-state index in [1.165, 1.54) is 0 Å². The van der Waals surface area contributed by atoms with Crippen LogP contribution in [0.4, 0.5) is 5.69 Å². The summed E-state index contributed by atoms with van der Waals surface area (Å²) >= 11 is 20.5. The van der Waals surface area contributed by atoms with E-state index >= 15 is 0 Å². The van der Waals surface area contributed by atoms with E-state index in [0.717, 1.165) is 4.47 Å². The Hall–Kier alpha value is -1.01. The molecule has 0 heterocycles. The highest BCUT2D eigenvalue weighted by Crippen LogP contribution is 2.30. The third-order valence-corrected chi connectivity index (χ3v) is 5.58. The number of halogens is 4. The quantitative estimate of drug-likeness (QED) is 0.428. The lowest BCUT2D eigenvalue weighted by Crippen LogP contribution is -2.36. The molecule has 140 valence electrons. The monoisotopic (exact) mass is 479 g/mol.